The molecular weight excluding hydrogens is 414 g/mol. The Morgan fingerprint density at radius 1 is 1.16 bits per heavy atom. The van der Waals surface area contributed by atoms with Gasteiger partial charge >= 0.3 is 0 Å². The van der Waals surface area contributed by atoms with Gasteiger partial charge in [0, 0.05) is 42.9 Å². The number of amides is 1. The predicted octanol–water partition coefficient (Wildman–Crippen LogP) is 4.59. The van der Waals surface area contributed by atoms with Crippen LogP contribution in [0.4, 0.5) is 16.5 Å². The van der Waals surface area contributed by atoms with E-state index < -0.39 is 4.92 Å². The van der Waals surface area contributed by atoms with Crippen molar-refractivity contribution in [3.8, 4) is 11.3 Å². The minimum atomic E-state index is -0.448. The molecule has 0 atom stereocenters. The van der Waals surface area contributed by atoms with E-state index in [1.54, 1.807) is 24.4 Å². The summed E-state index contributed by atoms with van der Waals surface area (Å²) in [6.45, 7) is 1.78. The number of nitrogens with zero attached hydrogens (tertiary/aromatic N) is 5. The summed E-state index contributed by atoms with van der Waals surface area (Å²) in [5.41, 5.74) is 4.24. The van der Waals surface area contributed by atoms with Gasteiger partial charge in [-0.05, 0) is 30.7 Å². The molecule has 0 spiro atoms. The molecule has 0 N–H and O–H groups in total. The van der Waals surface area contributed by atoms with Crippen LogP contribution in [0.1, 0.15) is 12.5 Å². The van der Waals surface area contributed by atoms with Crippen LogP contribution in [0.3, 0.4) is 0 Å². The minimum Gasteiger partial charge on any atom is -0.378 e. The van der Waals surface area contributed by atoms with Gasteiger partial charge in [-0.3, -0.25) is 14.9 Å². The molecule has 0 saturated heterocycles. The second kappa shape index (κ2) is 8.11. The van der Waals surface area contributed by atoms with E-state index in [1.807, 2.05) is 49.3 Å². The zero-order valence-corrected chi connectivity index (χ0v) is 18.0. The molecule has 0 aliphatic carbocycles. The van der Waals surface area contributed by atoms with Crippen LogP contribution in [-0.2, 0) is 4.79 Å². The Morgan fingerprint density at radius 2 is 1.90 bits per heavy atom. The minimum absolute atomic E-state index is 0.0105. The molecule has 2 aromatic carbocycles. The van der Waals surface area contributed by atoms with Crippen LogP contribution in [0.5, 0.6) is 0 Å². The van der Waals surface area contributed by atoms with Crippen LogP contribution in [0.15, 0.2) is 64.6 Å². The highest BCUT2D eigenvalue weighted by molar-refractivity contribution is 7.14. The third kappa shape index (κ3) is 4.08. The molecule has 1 aliphatic rings. The summed E-state index contributed by atoms with van der Waals surface area (Å²) in [6, 6.07) is 14.1. The average Bonchev–Trinajstić information content (AvgIpc) is 3.35. The number of hydrogen-bond donors (Lipinski definition) is 0. The number of hydrazone groups is 1. The van der Waals surface area contributed by atoms with Crippen LogP contribution in [0.2, 0.25) is 0 Å². The maximum absolute atomic E-state index is 13.0. The van der Waals surface area contributed by atoms with E-state index in [1.165, 1.54) is 28.5 Å². The van der Waals surface area contributed by atoms with E-state index >= 15 is 0 Å². The molecule has 0 fully saturated rings. The van der Waals surface area contributed by atoms with Gasteiger partial charge in [-0.15, -0.1) is 11.3 Å². The fourth-order valence-corrected chi connectivity index (χ4v) is 3.90. The van der Waals surface area contributed by atoms with Gasteiger partial charge in [0.2, 0.25) is 5.13 Å². The smallest absolute Gasteiger partial charge is 0.282 e. The zero-order valence-electron chi connectivity index (χ0n) is 17.1. The normalized spacial score (nSPS) is 14.8. The molecule has 156 valence electrons. The lowest BCUT2D eigenvalue weighted by Crippen LogP contribution is -2.21. The summed E-state index contributed by atoms with van der Waals surface area (Å²) < 4.78 is 0. The maximum Gasteiger partial charge on any atom is 0.282 e. The number of carbonyl (C=O) groups excluding carboxylic acids is 1. The van der Waals surface area contributed by atoms with Crippen LogP contribution in [-0.4, -0.2) is 35.6 Å². The standard InChI is InChI=1S/C22H19N5O3S/c1-14-19(11-15-7-9-17(10-8-15)25(2)3)21(28)26(24-14)22-23-20(13-31-22)16-5-4-6-18(12-16)27(29)30/h4-13H,1-3H3/b19-11+. The van der Waals surface area contributed by atoms with E-state index in [0.29, 0.717) is 27.7 Å². The Bertz CT molecular complexity index is 1230. The summed E-state index contributed by atoms with van der Waals surface area (Å²) in [7, 11) is 3.94. The van der Waals surface area contributed by atoms with Crippen LogP contribution >= 0.6 is 11.3 Å². The van der Waals surface area contributed by atoms with Crippen molar-refractivity contribution in [3.05, 3.63) is 75.2 Å². The molecule has 9 heteroatoms. The van der Waals surface area contributed by atoms with Gasteiger partial charge in [-0.25, -0.2) is 4.98 Å². The number of hydrogen-bond acceptors (Lipinski definition) is 7. The summed E-state index contributed by atoms with van der Waals surface area (Å²) in [5.74, 6) is -0.255. The first kappa shape index (κ1) is 20.4. The van der Waals surface area contributed by atoms with Gasteiger partial charge in [-0.1, -0.05) is 24.3 Å². The number of nitro benzene ring substituents is 1. The second-order valence-corrected chi connectivity index (χ2v) is 8.01. The van der Waals surface area contributed by atoms with Gasteiger partial charge in [0.1, 0.15) is 0 Å². The molecule has 1 amide bonds. The van der Waals surface area contributed by atoms with Gasteiger partial charge in [-0.2, -0.15) is 10.1 Å². The predicted molar refractivity (Wildman–Crippen MR) is 124 cm³/mol. The first-order chi connectivity index (χ1) is 14.8. The van der Waals surface area contributed by atoms with Crippen molar-refractivity contribution in [2.45, 2.75) is 6.92 Å². The van der Waals surface area contributed by atoms with Crippen molar-refractivity contribution in [3.63, 3.8) is 0 Å². The topological polar surface area (TPSA) is 91.9 Å². The zero-order chi connectivity index (χ0) is 22.1. The molecule has 0 radical (unpaired) electrons. The summed E-state index contributed by atoms with van der Waals surface area (Å²) >= 11 is 1.26. The lowest BCUT2D eigenvalue weighted by atomic mass is 10.1. The Labute approximate surface area is 182 Å². The molecule has 1 aliphatic heterocycles. The number of benzene rings is 2. The van der Waals surface area contributed by atoms with Crippen molar-refractivity contribution in [2.24, 2.45) is 5.10 Å². The molecule has 4 rings (SSSR count). The first-order valence-corrected chi connectivity index (χ1v) is 10.3. The number of thiazole rings is 1. The van der Waals surface area contributed by atoms with Gasteiger partial charge in [0.05, 0.1) is 21.9 Å². The van der Waals surface area contributed by atoms with Crippen molar-refractivity contribution in [1.82, 2.24) is 4.98 Å². The Balaban J connectivity index is 1.59. The van der Waals surface area contributed by atoms with Crippen LogP contribution in [0.25, 0.3) is 17.3 Å². The summed E-state index contributed by atoms with van der Waals surface area (Å²) in [5, 5.41) is 18.9. The van der Waals surface area contributed by atoms with Crippen molar-refractivity contribution >= 4 is 45.5 Å². The number of non-ortho nitro benzene ring substituents is 1. The SMILES string of the molecule is CC1=NN(c2nc(-c3cccc([N+](=O)[O-])c3)cs2)C(=O)/C1=C/c1ccc(N(C)C)cc1. The van der Waals surface area contributed by atoms with Gasteiger partial charge in [0.15, 0.2) is 0 Å². The Morgan fingerprint density at radius 3 is 2.58 bits per heavy atom. The van der Waals surface area contributed by atoms with Crippen molar-refractivity contribution < 1.29 is 9.72 Å². The van der Waals surface area contributed by atoms with Gasteiger partial charge in [0.25, 0.3) is 11.6 Å². The number of carbonyl (C=O) groups is 1. The Kier molecular flexibility index (Phi) is 5.35. The van der Waals surface area contributed by atoms with E-state index in [0.717, 1.165) is 11.3 Å². The maximum atomic E-state index is 13.0. The highest BCUT2D eigenvalue weighted by Gasteiger charge is 2.30. The Hall–Kier alpha value is -3.85. The highest BCUT2D eigenvalue weighted by atomic mass is 32.1. The van der Waals surface area contributed by atoms with E-state index in [-0.39, 0.29) is 11.6 Å². The van der Waals surface area contributed by atoms with Gasteiger partial charge < -0.3 is 4.90 Å². The number of rotatable bonds is 5. The lowest BCUT2D eigenvalue weighted by molar-refractivity contribution is -0.384. The fourth-order valence-electron chi connectivity index (χ4n) is 3.12. The molecule has 31 heavy (non-hydrogen) atoms. The average molecular weight is 433 g/mol. The molecule has 0 unspecified atom stereocenters. The molecule has 1 aromatic heterocycles. The second-order valence-electron chi connectivity index (χ2n) is 7.17. The van der Waals surface area contributed by atoms with Crippen molar-refractivity contribution in [1.29, 1.82) is 0 Å². The number of nitro groups is 1. The van der Waals surface area contributed by atoms with Crippen LogP contribution < -0.4 is 9.91 Å². The molecule has 0 saturated carbocycles. The molecule has 3 aromatic rings. The number of anilines is 2. The quantitative estimate of drug-likeness (QED) is 0.333. The van der Waals surface area contributed by atoms with Crippen LogP contribution in [0, 0.1) is 10.1 Å². The fraction of sp³-hybridized carbons (Fsp3) is 0.136. The van der Waals surface area contributed by atoms with E-state index in [9.17, 15) is 14.9 Å². The van der Waals surface area contributed by atoms with Crippen molar-refractivity contribution in [2.75, 3.05) is 24.0 Å². The third-order valence-electron chi connectivity index (χ3n) is 4.81. The monoisotopic (exact) mass is 433 g/mol. The first-order valence-electron chi connectivity index (χ1n) is 9.43. The van der Waals surface area contributed by atoms with E-state index in [4.69, 9.17) is 0 Å². The summed E-state index contributed by atoms with van der Waals surface area (Å²) in [4.78, 5) is 30.1. The van der Waals surface area contributed by atoms with E-state index in [2.05, 4.69) is 10.1 Å². The molecular formula is C22H19N5O3S. The number of aromatic nitrogens is 1. The highest BCUT2D eigenvalue weighted by Crippen LogP contribution is 2.32. The third-order valence-corrected chi connectivity index (χ3v) is 5.63. The molecule has 0 bridgehead atoms. The lowest BCUT2D eigenvalue weighted by Gasteiger charge is -2.12. The molecule has 8 nitrogen and oxygen atoms in total. The summed E-state index contributed by atoms with van der Waals surface area (Å²) in [6.07, 6.45) is 1.82. The largest absolute Gasteiger partial charge is 0.378 e. The molecule has 2 heterocycles.